The van der Waals surface area contributed by atoms with E-state index >= 15 is 0 Å². The van der Waals surface area contributed by atoms with E-state index in [0.717, 1.165) is 19.3 Å². The highest BCUT2D eigenvalue weighted by molar-refractivity contribution is 7.89. The number of nitrogens with zero attached hydrogens (tertiary/aromatic N) is 1. The third-order valence-electron chi connectivity index (χ3n) is 3.95. The van der Waals surface area contributed by atoms with Gasteiger partial charge in [0.05, 0.1) is 11.5 Å². The third kappa shape index (κ3) is 2.82. The van der Waals surface area contributed by atoms with Gasteiger partial charge in [-0.1, -0.05) is 18.9 Å². The number of hydrogen-bond acceptors (Lipinski definition) is 4. The number of aliphatic hydroxyl groups is 1. The molecular formula is C14H22N2O3S. The second-order valence-electron chi connectivity index (χ2n) is 5.27. The highest BCUT2D eigenvalue weighted by Gasteiger charge is 2.33. The van der Waals surface area contributed by atoms with Crippen molar-refractivity contribution in [3.8, 4) is 0 Å². The molecule has 2 rings (SSSR count). The summed E-state index contributed by atoms with van der Waals surface area (Å²) in [7, 11) is -3.61. The smallest absolute Gasteiger partial charge is 0.243 e. The van der Waals surface area contributed by atoms with Gasteiger partial charge in [-0.15, -0.1) is 0 Å². The van der Waals surface area contributed by atoms with Crippen molar-refractivity contribution in [3.05, 3.63) is 23.8 Å². The zero-order chi connectivity index (χ0) is 14.8. The normalized spacial score (nSPS) is 21.6. The topological polar surface area (TPSA) is 83.6 Å². The largest absolute Gasteiger partial charge is 0.398 e. The first-order valence-corrected chi connectivity index (χ1v) is 8.40. The Labute approximate surface area is 120 Å². The van der Waals surface area contributed by atoms with Crippen molar-refractivity contribution in [1.82, 2.24) is 4.31 Å². The van der Waals surface area contributed by atoms with Crippen LogP contribution in [0.15, 0.2) is 23.1 Å². The number of nitrogens with two attached hydrogens (primary N) is 1. The van der Waals surface area contributed by atoms with Gasteiger partial charge in [-0.2, -0.15) is 4.31 Å². The lowest BCUT2D eigenvalue weighted by atomic mass is 10.1. The van der Waals surface area contributed by atoms with E-state index in [9.17, 15) is 13.5 Å². The van der Waals surface area contributed by atoms with Crippen molar-refractivity contribution < 1.29 is 13.5 Å². The van der Waals surface area contributed by atoms with Crippen LogP contribution in [0.1, 0.15) is 31.2 Å². The lowest BCUT2D eigenvalue weighted by molar-refractivity contribution is 0.186. The van der Waals surface area contributed by atoms with E-state index in [1.54, 1.807) is 25.1 Å². The van der Waals surface area contributed by atoms with Crippen LogP contribution in [0.25, 0.3) is 0 Å². The molecular weight excluding hydrogens is 276 g/mol. The van der Waals surface area contributed by atoms with Crippen molar-refractivity contribution in [3.63, 3.8) is 0 Å². The first-order valence-electron chi connectivity index (χ1n) is 6.96. The summed E-state index contributed by atoms with van der Waals surface area (Å²) in [6, 6.07) is 4.60. The minimum absolute atomic E-state index is 0.138. The number of benzene rings is 1. The van der Waals surface area contributed by atoms with Crippen molar-refractivity contribution in [1.29, 1.82) is 0 Å². The molecule has 5 nitrogen and oxygen atoms in total. The van der Waals surface area contributed by atoms with E-state index in [2.05, 4.69) is 0 Å². The fourth-order valence-electron chi connectivity index (χ4n) is 2.69. The number of aliphatic hydroxyl groups excluding tert-OH is 1. The molecule has 1 heterocycles. The zero-order valence-electron chi connectivity index (χ0n) is 11.7. The van der Waals surface area contributed by atoms with E-state index < -0.39 is 10.0 Å². The predicted octanol–water partition coefficient (Wildman–Crippen LogP) is 1.50. The Hall–Kier alpha value is -1.11. The molecule has 20 heavy (non-hydrogen) atoms. The van der Waals surface area contributed by atoms with Gasteiger partial charge in [-0.25, -0.2) is 8.42 Å². The SMILES string of the molecule is Cc1c(N)cccc1S(=O)(=O)N1CCCCCC1CO. The van der Waals surface area contributed by atoms with Gasteiger partial charge in [0.1, 0.15) is 0 Å². The molecule has 1 aliphatic heterocycles. The van der Waals surface area contributed by atoms with Crippen LogP contribution in [0.4, 0.5) is 5.69 Å². The van der Waals surface area contributed by atoms with E-state index in [4.69, 9.17) is 5.73 Å². The lowest BCUT2D eigenvalue weighted by Crippen LogP contribution is -2.42. The van der Waals surface area contributed by atoms with Gasteiger partial charge in [0.2, 0.25) is 10.0 Å². The number of rotatable bonds is 3. The van der Waals surface area contributed by atoms with Crippen LogP contribution in [0.3, 0.4) is 0 Å². The van der Waals surface area contributed by atoms with Gasteiger partial charge in [-0.3, -0.25) is 0 Å². The van der Waals surface area contributed by atoms with Gasteiger partial charge in [-0.05, 0) is 37.5 Å². The second kappa shape index (κ2) is 6.11. The van der Waals surface area contributed by atoms with Crippen LogP contribution in [0.5, 0.6) is 0 Å². The molecule has 1 atom stereocenters. The van der Waals surface area contributed by atoms with E-state index in [1.807, 2.05) is 0 Å². The molecule has 0 spiro atoms. The van der Waals surface area contributed by atoms with Crippen LogP contribution in [-0.4, -0.2) is 37.0 Å². The molecule has 6 heteroatoms. The molecule has 0 bridgehead atoms. The Morgan fingerprint density at radius 2 is 2.10 bits per heavy atom. The highest BCUT2D eigenvalue weighted by Crippen LogP contribution is 2.28. The minimum atomic E-state index is -3.61. The number of sulfonamides is 1. The molecule has 0 amide bonds. The van der Waals surface area contributed by atoms with E-state index in [-0.39, 0.29) is 17.5 Å². The van der Waals surface area contributed by atoms with Gasteiger partial charge in [0, 0.05) is 18.3 Å². The number of hydrogen-bond donors (Lipinski definition) is 2. The van der Waals surface area contributed by atoms with E-state index in [0.29, 0.717) is 24.2 Å². The Morgan fingerprint density at radius 1 is 1.35 bits per heavy atom. The molecule has 1 saturated heterocycles. The van der Waals surface area contributed by atoms with Crippen LogP contribution >= 0.6 is 0 Å². The maximum atomic E-state index is 12.8. The van der Waals surface area contributed by atoms with Gasteiger partial charge in [0.25, 0.3) is 0 Å². The molecule has 3 N–H and O–H groups in total. The van der Waals surface area contributed by atoms with Gasteiger partial charge < -0.3 is 10.8 Å². The zero-order valence-corrected chi connectivity index (χ0v) is 12.6. The van der Waals surface area contributed by atoms with Crippen LogP contribution in [-0.2, 0) is 10.0 Å². The summed E-state index contributed by atoms with van der Waals surface area (Å²) >= 11 is 0. The molecule has 0 saturated carbocycles. The summed E-state index contributed by atoms with van der Waals surface area (Å²) < 4.78 is 27.1. The van der Waals surface area contributed by atoms with E-state index in [1.165, 1.54) is 4.31 Å². The van der Waals surface area contributed by atoms with Gasteiger partial charge in [0.15, 0.2) is 0 Å². The maximum Gasteiger partial charge on any atom is 0.243 e. The Morgan fingerprint density at radius 3 is 2.80 bits per heavy atom. The lowest BCUT2D eigenvalue weighted by Gasteiger charge is -2.28. The predicted molar refractivity (Wildman–Crippen MR) is 78.8 cm³/mol. The first kappa shape index (κ1) is 15.3. The summed E-state index contributed by atoms with van der Waals surface area (Å²) in [6.45, 7) is 2.04. The molecule has 1 fully saturated rings. The number of nitrogen functional groups attached to an aromatic ring is 1. The monoisotopic (exact) mass is 298 g/mol. The summed E-state index contributed by atoms with van der Waals surface area (Å²) in [5, 5.41) is 9.49. The molecule has 1 aliphatic rings. The van der Waals surface area contributed by atoms with Crippen molar-refractivity contribution in [2.75, 3.05) is 18.9 Å². The van der Waals surface area contributed by atoms with Crippen molar-refractivity contribution in [2.24, 2.45) is 0 Å². The summed E-state index contributed by atoms with van der Waals surface area (Å²) in [6.07, 6.45) is 3.49. The fourth-order valence-corrected chi connectivity index (χ4v) is 4.63. The summed E-state index contributed by atoms with van der Waals surface area (Å²) in [4.78, 5) is 0.248. The fraction of sp³-hybridized carbons (Fsp3) is 0.571. The highest BCUT2D eigenvalue weighted by atomic mass is 32.2. The summed E-state index contributed by atoms with van der Waals surface area (Å²) in [5.74, 6) is 0. The Balaban J connectivity index is 2.44. The Bertz CT molecular complexity index is 572. The quantitative estimate of drug-likeness (QED) is 0.828. The second-order valence-corrected chi connectivity index (χ2v) is 7.13. The maximum absolute atomic E-state index is 12.8. The standard InChI is InChI=1S/C14H22N2O3S/c1-11-13(15)7-5-8-14(11)20(18,19)16-9-4-2-3-6-12(16)10-17/h5,7-8,12,17H,2-4,6,9-10,15H2,1H3. The average molecular weight is 298 g/mol. The Kier molecular flexibility index (Phi) is 4.67. The minimum Gasteiger partial charge on any atom is -0.398 e. The third-order valence-corrected chi connectivity index (χ3v) is 6.04. The molecule has 0 aliphatic carbocycles. The molecule has 112 valence electrons. The van der Waals surface area contributed by atoms with Gasteiger partial charge >= 0.3 is 0 Å². The molecule has 1 unspecified atom stereocenters. The van der Waals surface area contributed by atoms with Crippen molar-refractivity contribution in [2.45, 2.75) is 43.5 Å². The van der Waals surface area contributed by atoms with Crippen molar-refractivity contribution >= 4 is 15.7 Å². The number of anilines is 1. The van der Waals surface area contributed by atoms with Crippen LogP contribution in [0.2, 0.25) is 0 Å². The summed E-state index contributed by atoms with van der Waals surface area (Å²) in [5.41, 5.74) is 6.86. The average Bonchev–Trinajstić information content (AvgIpc) is 2.67. The molecule has 0 radical (unpaired) electrons. The molecule has 1 aromatic rings. The molecule has 0 aromatic heterocycles. The first-order chi connectivity index (χ1) is 9.48. The van der Waals surface area contributed by atoms with Crippen LogP contribution in [0, 0.1) is 6.92 Å². The molecule has 1 aromatic carbocycles. The van der Waals surface area contributed by atoms with Crippen LogP contribution < -0.4 is 5.73 Å².